The summed E-state index contributed by atoms with van der Waals surface area (Å²) in [6.45, 7) is 5.94. The molecule has 5 nitrogen and oxygen atoms in total. The molecular weight excluding hydrogens is 210 g/mol. The molecule has 0 unspecified atom stereocenters. The quantitative estimate of drug-likeness (QED) is 0.698. The molecular formula is C11H19NO4. The van der Waals surface area contributed by atoms with Gasteiger partial charge < -0.3 is 14.8 Å². The summed E-state index contributed by atoms with van der Waals surface area (Å²) in [6, 6.07) is -0.387. The van der Waals surface area contributed by atoms with Crippen LogP contribution in [0.5, 0.6) is 0 Å². The average Bonchev–Trinajstić information content (AvgIpc) is 2.62. The van der Waals surface area contributed by atoms with Crippen LogP contribution in [0.2, 0.25) is 0 Å². The Morgan fingerprint density at radius 2 is 1.88 bits per heavy atom. The van der Waals surface area contributed by atoms with Crippen molar-refractivity contribution >= 4 is 11.9 Å². The SMILES string of the molecule is COC(=O)[C@@H]1C[C@H](C(=O)OC(C)(C)C)CN1. The summed E-state index contributed by atoms with van der Waals surface area (Å²) >= 11 is 0. The second kappa shape index (κ2) is 4.82. The van der Waals surface area contributed by atoms with E-state index in [1.54, 1.807) is 0 Å². The van der Waals surface area contributed by atoms with Gasteiger partial charge in [0.05, 0.1) is 13.0 Å². The second-order valence-corrected chi connectivity index (χ2v) is 4.95. The highest BCUT2D eigenvalue weighted by Gasteiger charge is 2.36. The van der Waals surface area contributed by atoms with Crippen molar-refractivity contribution in [2.24, 2.45) is 5.92 Å². The first-order chi connectivity index (χ1) is 7.33. The van der Waals surface area contributed by atoms with Crippen molar-refractivity contribution in [2.75, 3.05) is 13.7 Å². The van der Waals surface area contributed by atoms with Gasteiger partial charge in [0.15, 0.2) is 0 Å². The van der Waals surface area contributed by atoms with Crippen molar-refractivity contribution in [3.8, 4) is 0 Å². The third-order valence-corrected chi connectivity index (χ3v) is 2.36. The lowest BCUT2D eigenvalue weighted by molar-refractivity contribution is -0.159. The molecule has 1 aliphatic heterocycles. The van der Waals surface area contributed by atoms with Crippen LogP contribution in [0.3, 0.4) is 0 Å². The maximum Gasteiger partial charge on any atom is 0.322 e. The van der Waals surface area contributed by atoms with Crippen LogP contribution in [-0.2, 0) is 19.1 Å². The number of carbonyl (C=O) groups excluding carboxylic acids is 2. The normalized spacial score (nSPS) is 25.2. The minimum atomic E-state index is -0.486. The van der Waals surface area contributed by atoms with Gasteiger partial charge in [-0.25, -0.2) is 0 Å². The third-order valence-electron chi connectivity index (χ3n) is 2.36. The predicted molar refractivity (Wildman–Crippen MR) is 57.8 cm³/mol. The molecule has 0 radical (unpaired) electrons. The Kier molecular flexibility index (Phi) is 3.91. The van der Waals surface area contributed by atoms with Gasteiger partial charge in [-0.2, -0.15) is 0 Å². The molecule has 92 valence electrons. The number of ether oxygens (including phenoxy) is 2. The molecule has 1 rings (SSSR count). The van der Waals surface area contributed by atoms with Crippen LogP contribution >= 0.6 is 0 Å². The minimum absolute atomic E-state index is 0.258. The highest BCUT2D eigenvalue weighted by atomic mass is 16.6. The highest BCUT2D eigenvalue weighted by Crippen LogP contribution is 2.19. The molecule has 0 aromatic rings. The van der Waals surface area contributed by atoms with Crippen molar-refractivity contribution in [1.29, 1.82) is 0 Å². The van der Waals surface area contributed by atoms with Gasteiger partial charge in [-0.05, 0) is 27.2 Å². The van der Waals surface area contributed by atoms with Crippen molar-refractivity contribution in [2.45, 2.75) is 38.8 Å². The van der Waals surface area contributed by atoms with Crippen LogP contribution in [0.15, 0.2) is 0 Å². The molecule has 0 aliphatic carbocycles. The van der Waals surface area contributed by atoms with Gasteiger partial charge in [0.1, 0.15) is 11.6 Å². The van der Waals surface area contributed by atoms with E-state index in [-0.39, 0.29) is 23.9 Å². The average molecular weight is 229 g/mol. The summed E-state index contributed by atoms with van der Waals surface area (Å²) in [4.78, 5) is 22.9. The number of carbonyl (C=O) groups is 2. The second-order valence-electron chi connectivity index (χ2n) is 4.95. The fourth-order valence-electron chi connectivity index (χ4n) is 1.62. The number of esters is 2. The zero-order chi connectivity index (χ0) is 12.3. The first-order valence-corrected chi connectivity index (χ1v) is 5.37. The van der Waals surface area contributed by atoms with Crippen molar-refractivity contribution in [3.63, 3.8) is 0 Å². The van der Waals surface area contributed by atoms with E-state index in [9.17, 15) is 9.59 Å². The van der Waals surface area contributed by atoms with Gasteiger partial charge in [-0.3, -0.25) is 9.59 Å². The Bertz CT molecular complexity index is 282. The molecule has 16 heavy (non-hydrogen) atoms. The molecule has 1 fully saturated rings. The summed E-state index contributed by atoms with van der Waals surface area (Å²) in [5.41, 5.74) is -0.486. The Hall–Kier alpha value is -1.10. The Morgan fingerprint density at radius 1 is 1.25 bits per heavy atom. The van der Waals surface area contributed by atoms with Gasteiger partial charge in [0.2, 0.25) is 0 Å². The van der Waals surface area contributed by atoms with Crippen LogP contribution in [0.25, 0.3) is 0 Å². The fourth-order valence-corrected chi connectivity index (χ4v) is 1.62. The van der Waals surface area contributed by atoms with Crippen LogP contribution in [0.1, 0.15) is 27.2 Å². The predicted octanol–water partition coefficient (Wildman–Crippen LogP) is 0.479. The minimum Gasteiger partial charge on any atom is -0.468 e. The number of hydrogen-bond donors (Lipinski definition) is 1. The molecule has 2 atom stereocenters. The highest BCUT2D eigenvalue weighted by molar-refractivity contribution is 5.80. The Morgan fingerprint density at radius 3 is 2.38 bits per heavy atom. The molecule has 0 saturated carbocycles. The number of nitrogens with one attached hydrogen (secondary N) is 1. The smallest absolute Gasteiger partial charge is 0.322 e. The van der Waals surface area contributed by atoms with Crippen LogP contribution < -0.4 is 5.32 Å². The molecule has 5 heteroatoms. The van der Waals surface area contributed by atoms with Crippen molar-refractivity contribution in [3.05, 3.63) is 0 Å². The summed E-state index contributed by atoms with van der Waals surface area (Å²) in [5.74, 6) is -0.846. The lowest BCUT2D eigenvalue weighted by atomic mass is 10.1. The van der Waals surface area contributed by atoms with E-state index in [0.29, 0.717) is 13.0 Å². The first-order valence-electron chi connectivity index (χ1n) is 5.37. The molecule has 0 amide bonds. The van der Waals surface area contributed by atoms with Crippen LogP contribution in [0.4, 0.5) is 0 Å². The summed E-state index contributed by atoms with van der Waals surface area (Å²) in [5, 5.41) is 2.95. The largest absolute Gasteiger partial charge is 0.468 e. The van der Waals surface area contributed by atoms with Gasteiger partial charge >= 0.3 is 11.9 Å². The lowest BCUT2D eigenvalue weighted by Gasteiger charge is -2.21. The third kappa shape index (κ3) is 3.48. The van der Waals surface area contributed by atoms with Crippen LogP contribution in [-0.4, -0.2) is 37.2 Å². The molecule has 1 N–H and O–H groups in total. The molecule has 1 aliphatic rings. The van der Waals surface area contributed by atoms with E-state index in [0.717, 1.165) is 0 Å². The van der Waals surface area contributed by atoms with E-state index in [2.05, 4.69) is 10.1 Å². The first kappa shape index (κ1) is 13.0. The summed E-state index contributed by atoms with van der Waals surface area (Å²) in [7, 11) is 1.34. The topological polar surface area (TPSA) is 64.6 Å². The molecule has 0 aromatic carbocycles. The zero-order valence-electron chi connectivity index (χ0n) is 10.2. The van der Waals surface area contributed by atoms with Crippen molar-refractivity contribution in [1.82, 2.24) is 5.32 Å². The molecule has 0 spiro atoms. The lowest BCUT2D eigenvalue weighted by Crippen LogP contribution is -2.31. The van der Waals surface area contributed by atoms with E-state index in [4.69, 9.17) is 4.74 Å². The van der Waals surface area contributed by atoms with Gasteiger partial charge in [0.25, 0.3) is 0 Å². The number of methoxy groups -OCH3 is 1. The molecule has 1 heterocycles. The van der Waals surface area contributed by atoms with Gasteiger partial charge in [-0.15, -0.1) is 0 Å². The Balaban J connectivity index is 2.47. The maximum atomic E-state index is 11.7. The molecule has 1 saturated heterocycles. The zero-order valence-corrected chi connectivity index (χ0v) is 10.2. The fraction of sp³-hybridized carbons (Fsp3) is 0.818. The van der Waals surface area contributed by atoms with E-state index < -0.39 is 5.60 Å². The van der Waals surface area contributed by atoms with Crippen molar-refractivity contribution < 1.29 is 19.1 Å². The summed E-state index contributed by atoms with van der Waals surface area (Å²) < 4.78 is 9.86. The van der Waals surface area contributed by atoms with Gasteiger partial charge in [0, 0.05) is 6.54 Å². The number of rotatable bonds is 2. The number of hydrogen-bond acceptors (Lipinski definition) is 5. The maximum absolute atomic E-state index is 11.7. The van der Waals surface area contributed by atoms with E-state index >= 15 is 0 Å². The molecule has 0 bridgehead atoms. The summed E-state index contributed by atoms with van der Waals surface area (Å²) in [6.07, 6.45) is 0.446. The van der Waals surface area contributed by atoms with Crippen LogP contribution in [0, 0.1) is 5.92 Å². The molecule has 0 aromatic heterocycles. The van der Waals surface area contributed by atoms with Gasteiger partial charge in [-0.1, -0.05) is 0 Å². The standard InChI is InChI=1S/C11H19NO4/c1-11(2,3)16-9(13)7-5-8(12-6-7)10(14)15-4/h7-8,12H,5-6H2,1-4H3/t7-,8-/m0/s1. The van der Waals surface area contributed by atoms with E-state index in [1.165, 1.54) is 7.11 Å². The Labute approximate surface area is 95.5 Å². The van der Waals surface area contributed by atoms with E-state index in [1.807, 2.05) is 20.8 Å². The monoisotopic (exact) mass is 229 g/mol.